The molecule has 8 heteroatoms. The Morgan fingerprint density at radius 3 is 2.61 bits per heavy atom. The number of para-hydroxylation sites is 3. The zero-order chi connectivity index (χ0) is 21.8. The van der Waals surface area contributed by atoms with Crippen molar-refractivity contribution in [1.29, 1.82) is 0 Å². The summed E-state index contributed by atoms with van der Waals surface area (Å²) < 4.78 is 8.69. The average Bonchev–Trinajstić information content (AvgIpc) is 3.19. The van der Waals surface area contributed by atoms with Crippen LogP contribution in [-0.4, -0.2) is 31.8 Å². The van der Waals surface area contributed by atoms with E-state index in [0.717, 1.165) is 5.69 Å². The number of hydrogen-bond donors (Lipinski definition) is 1. The molecular weight excluding hydrogens is 394 g/mol. The van der Waals surface area contributed by atoms with E-state index in [2.05, 4.69) is 15.4 Å². The fraction of sp³-hybridized carbons (Fsp3) is 0.217. The highest BCUT2D eigenvalue weighted by molar-refractivity contribution is 5.92. The molecule has 1 amide bonds. The minimum absolute atomic E-state index is 0.126. The van der Waals surface area contributed by atoms with Crippen molar-refractivity contribution in [2.75, 3.05) is 11.9 Å². The normalized spacial score (nSPS) is 10.9. The van der Waals surface area contributed by atoms with Crippen LogP contribution in [0.4, 0.5) is 5.69 Å². The Bertz CT molecular complexity index is 1280. The van der Waals surface area contributed by atoms with Crippen molar-refractivity contribution in [3.8, 4) is 11.4 Å². The molecule has 0 bridgehead atoms. The molecular formula is C23H23N5O3. The van der Waals surface area contributed by atoms with Crippen LogP contribution in [0.25, 0.3) is 16.7 Å². The van der Waals surface area contributed by atoms with Crippen LogP contribution in [0.2, 0.25) is 0 Å². The Kier molecular flexibility index (Phi) is 5.79. The SMILES string of the molecule is CCOc1ccccc1NC(=O)CCn1c(C)nc2c(cnn2-c2ccccc2)c1=O. The number of ether oxygens (including phenoxy) is 1. The number of hydrogen-bond acceptors (Lipinski definition) is 5. The topological polar surface area (TPSA) is 91.0 Å². The fourth-order valence-corrected chi connectivity index (χ4v) is 3.41. The second-order valence-electron chi connectivity index (χ2n) is 6.97. The molecule has 4 aromatic rings. The molecule has 0 aliphatic heterocycles. The lowest BCUT2D eigenvalue weighted by molar-refractivity contribution is -0.116. The van der Waals surface area contributed by atoms with Gasteiger partial charge in [0.2, 0.25) is 5.91 Å². The average molecular weight is 417 g/mol. The van der Waals surface area contributed by atoms with Gasteiger partial charge in [0.15, 0.2) is 5.65 Å². The maximum absolute atomic E-state index is 13.0. The summed E-state index contributed by atoms with van der Waals surface area (Å²) in [4.78, 5) is 30.1. The van der Waals surface area contributed by atoms with Gasteiger partial charge in [0, 0.05) is 13.0 Å². The van der Waals surface area contributed by atoms with Gasteiger partial charge in [-0.1, -0.05) is 30.3 Å². The van der Waals surface area contributed by atoms with Gasteiger partial charge in [0.1, 0.15) is 17.0 Å². The Morgan fingerprint density at radius 2 is 1.84 bits per heavy atom. The number of fused-ring (bicyclic) bond motifs is 1. The number of benzene rings is 2. The predicted octanol–water partition coefficient (Wildman–Crippen LogP) is 3.32. The summed E-state index contributed by atoms with van der Waals surface area (Å²) in [6.07, 6.45) is 1.65. The number of carbonyl (C=O) groups excluding carboxylic acids is 1. The molecule has 0 saturated carbocycles. The van der Waals surface area contributed by atoms with Crippen molar-refractivity contribution in [2.45, 2.75) is 26.8 Å². The lowest BCUT2D eigenvalue weighted by Crippen LogP contribution is -2.26. The summed E-state index contributed by atoms with van der Waals surface area (Å²) in [5.74, 6) is 0.930. The van der Waals surface area contributed by atoms with Gasteiger partial charge >= 0.3 is 0 Å². The molecule has 0 spiro atoms. The van der Waals surface area contributed by atoms with E-state index in [0.29, 0.717) is 34.9 Å². The number of carbonyl (C=O) groups is 1. The zero-order valence-electron chi connectivity index (χ0n) is 17.4. The van der Waals surface area contributed by atoms with Crippen LogP contribution in [0.3, 0.4) is 0 Å². The van der Waals surface area contributed by atoms with Gasteiger partial charge in [0.05, 0.1) is 24.2 Å². The molecule has 158 valence electrons. The van der Waals surface area contributed by atoms with Crippen molar-refractivity contribution in [1.82, 2.24) is 19.3 Å². The molecule has 2 aromatic heterocycles. The van der Waals surface area contributed by atoms with E-state index in [1.54, 1.807) is 23.7 Å². The molecule has 2 heterocycles. The van der Waals surface area contributed by atoms with Gasteiger partial charge < -0.3 is 10.1 Å². The third-order valence-electron chi connectivity index (χ3n) is 4.90. The molecule has 31 heavy (non-hydrogen) atoms. The zero-order valence-corrected chi connectivity index (χ0v) is 17.4. The molecule has 1 N–H and O–H groups in total. The first-order chi connectivity index (χ1) is 15.1. The number of nitrogens with one attached hydrogen (secondary N) is 1. The number of nitrogens with zero attached hydrogens (tertiary/aromatic N) is 4. The number of aryl methyl sites for hydroxylation is 1. The highest BCUT2D eigenvalue weighted by Crippen LogP contribution is 2.23. The lowest BCUT2D eigenvalue weighted by atomic mass is 10.2. The number of amides is 1. The predicted molar refractivity (Wildman–Crippen MR) is 119 cm³/mol. The van der Waals surface area contributed by atoms with E-state index in [4.69, 9.17) is 4.74 Å². The first-order valence-corrected chi connectivity index (χ1v) is 10.1. The smallest absolute Gasteiger partial charge is 0.264 e. The molecule has 0 radical (unpaired) electrons. The Hall–Kier alpha value is -3.94. The van der Waals surface area contributed by atoms with E-state index < -0.39 is 0 Å². The van der Waals surface area contributed by atoms with Crippen LogP contribution < -0.4 is 15.6 Å². The summed E-state index contributed by atoms with van der Waals surface area (Å²) in [5.41, 5.74) is 1.72. The fourth-order valence-electron chi connectivity index (χ4n) is 3.41. The van der Waals surface area contributed by atoms with E-state index in [-0.39, 0.29) is 24.4 Å². The standard InChI is InChI=1S/C23H23N5O3/c1-3-31-20-12-8-7-11-19(20)26-21(29)13-14-27-16(2)25-22-18(23(27)30)15-24-28(22)17-9-5-4-6-10-17/h4-12,15H,3,13-14H2,1-2H3,(H,26,29). The van der Waals surface area contributed by atoms with Gasteiger partial charge in [-0.2, -0.15) is 5.10 Å². The molecule has 0 fully saturated rings. The molecule has 2 aromatic carbocycles. The number of rotatable bonds is 7. The van der Waals surface area contributed by atoms with Crippen LogP contribution in [0.1, 0.15) is 19.2 Å². The first-order valence-electron chi connectivity index (χ1n) is 10.1. The first kappa shape index (κ1) is 20.3. The quantitative estimate of drug-likeness (QED) is 0.498. The van der Waals surface area contributed by atoms with Crippen molar-refractivity contribution in [3.05, 3.63) is 77.0 Å². The second-order valence-corrected chi connectivity index (χ2v) is 6.97. The summed E-state index contributed by atoms with van der Waals surface area (Å²) in [6.45, 7) is 4.36. The number of aromatic nitrogens is 4. The third kappa shape index (κ3) is 4.18. The Morgan fingerprint density at radius 1 is 1.10 bits per heavy atom. The van der Waals surface area contributed by atoms with Crippen LogP contribution in [-0.2, 0) is 11.3 Å². The monoisotopic (exact) mass is 417 g/mol. The lowest BCUT2D eigenvalue weighted by Gasteiger charge is -2.12. The highest BCUT2D eigenvalue weighted by atomic mass is 16.5. The van der Waals surface area contributed by atoms with Crippen LogP contribution >= 0.6 is 0 Å². The van der Waals surface area contributed by atoms with E-state index in [1.165, 1.54) is 10.8 Å². The van der Waals surface area contributed by atoms with Gasteiger partial charge in [-0.05, 0) is 38.1 Å². The maximum Gasteiger partial charge on any atom is 0.264 e. The maximum atomic E-state index is 13.0. The molecule has 4 rings (SSSR count). The van der Waals surface area contributed by atoms with Crippen molar-refractivity contribution in [2.24, 2.45) is 0 Å². The van der Waals surface area contributed by atoms with Gasteiger partial charge in [0.25, 0.3) is 5.56 Å². The Labute approximate surface area is 179 Å². The summed E-state index contributed by atoms with van der Waals surface area (Å²) in [6, 6.07) is 16.8. The van der Waals surface area contributed by atoms with Crippen molar-refractivity contribution < 1.29 is 9.53 Å². The van der Waals surface area contributed by atoms with E-state index >= 15 is 0 Å². The van der Waals surface area contributed by atoms with Crippen molar-refractivity contribution in [3.63, 3.8) is 0 Å². The molecule has 8 nitrogen and oxygen atoms in total. The second kappa shape index (κ2) is 8.83. The summed E-state index contributed by atoms with van der Waals surface area (Å²) >= 11 is 0. The van der Waals surface area contributed by atoms with Crippen LogP contribution in [0.15, 0.2) is 65.6 Å². The molecule has 0 atom stereocenters. The largest absolute Gasteiger partial charge is 0.492 e. The van der Waals surface area contributed by atoms with Crippen molar-refractivity contribution >= 4 is 22.6 Å². The van der Waals surface area contributed by atoms with E-state index in [1.807, 2.05) is 49.4 Å². The highest BCUT2D eigenvalue weighted by Gasteiger charge is 2.15. The molecule has 0 saturated heterocycles. The molecule has 0 aliphatic rings. The summed E-state index contributed by atoms with van der Waals surface area (Å²) in [5, 5.41) is 7.60. The van der Waals surface area contributed by atoms with Gasteiger partial charge in [-0.15, -0.1) is 0 Å². The van der Waals surface area contributed by atoms with Crippen LogP contribution in [0, 0.1) is 6.92 Å². The molecule has 0 unspecified atom stereocenters. The van der Waals surface area contributed by atoms with Gasteiger partial charge in [-0.25, -0.2) is 9.67 Å². The minimum Gasteiger partial charge on any atom is -0.492 e. The minimum atomic E-state index is -0.216. The van der Waals surface area contributed by atoms with Crippen LogP contribution in [0.5, 0.6) is 5.75 Å². The van der Waals surface area contributed by atoms with Gasteiger partial charge in [-0.3, -0.25) is 14.2 Å². The molecule has 0 aliphatic carbocycles. The van der Waals surface area contributed by atoms with E-state index in [9.17, 15) is 9.59 Å². The third-order valence-corrected chi connectivity index (χ3v) is 4.90. The number of anilines is 1. The Balaban J connectivity index is 1.54. The summed E-state index contributed by atoms with van der Waals surface area (Å²) in [7, 11) is 0.